The van der Waals surface area contributed by atoms with E-state index in [1.54, 1.807) is 29.6 Å². The van der Waals surface area contributed by atoms with Crippen molar-refractivity contribution in [2.24, 2.45) is 0 Å². The Morgan fingerprint density at radius 3 is 2.22 bits per heavy atom. The predicted molar refractivity (Wildman–Crippen MR) is 81.6 cm³/mol. The van der Waals surface area contributed by atoms with E-state index in [1.165, 1.54) is 0 Å². The molecule has 0 unspecified atom stereocenters. The average molecular weight is 315 g/mol. The largest absolute Gasteiger partial charge is 0.345 e. The molecular weight excluding hydrogens is 296 g/mol. The van der Waals surface area contributed by atoms with E-state index in [-0.39, 0.29) is 43.1 Å². The molecule has 18 heavy (non-hydrogen) atoms. The summed E-state index contributed by atoms with van der Waals surface area (Å²) in [7, 11) is 0. The van der Waals surface area contributed by atoms with Crippen molar-refractivity contribution in [2.45, 2.75) is 12.8 Å². The molecule has 1 aromatic rings. The van der Waals surface area contributed by atoms with Crippen molar-refractivity contribution in [3.05, 3.63) is 37.6 Å². The molecule has 1 aliphatic rings. The van der Waals surface area contributed by atoms with Gasteiger partial charge in [-0.25, -0.2) is 4.98 Å². The molecule has 0 atom stereocenters. The van der Waals surface area contributed by atoms with Crippen molar-refractivity contribution in [3.63, 3.8) is 0 Å². The second kappa shape index (κ2) is 12.5. The van der Waals surface area contributed by atoms with Gasteiger partial charge < -0.3 is 9.88 Å². The third kappa shape index (κ3) is 7.37. The van der Waals surface area contributed by atoms with Gasteiger partial charge in [-0.1, -0.05) is 13.2 Å². The molecule has 1 aromatic heterocycles. The van der Waals surface area contributed by atoms with Gasteiger partial charge in [0.1, 0.15) is 5.82 Å². The molecule has 1 amide bonds. The van der Waals surface area contributed by atoms with Gasteiger partial charge in [0.25, 0.3) is 0 Å². The number of hydrogen-bond donors (Lipinski definition) is 1. The number of imidazole rings is 1. The summed E-state index contributed by atoms with van der Waals surface area (Å²) >= 11 is 0. The van der Waals surface area contributed by atoms with Crippen LogP contribution in [0.4, 0.5) is 0 Å². The van der Waals surface area contributed by atoms with E-state index >= 15 is 0 Å². The van der Waals surface area contributed by atoms with Crippen molar-refractivity contribution in [1.82, 2.24) is 14.9 Å². The van der Waals surface area contributed by atoms with Crippen LogP contribution in [0.15, 0.2) is 31.8 Å². The zero-order valence-corrected chi connectivity index (χ0v) is 12.3. The van der Waals surface area contributed by atoms with Crippen LogP contribution in [0.2, 0.25) is 0 Å². The molecule has 1 fully saturated rings. The zero-order valence-electron chi connectivity index (χ0n) is 9.87. The summed E-state index contributed by atoms with van der Waals surface area (Å²) in [5.41, 5.74) is 0. The Morgan fingerprint density at radius 1 is 1.33 bits per heavy atom. The van der Waals surface area contributed by atoms with E-state index in [1.807, 2.05) is 0 Å². The lowest BCUT2D eigenvalue weighted by Crippen LogP contribution is -2.16. The Hall–Kier alpha value is -0.970. The first kappa shape index (κ1) is 22.2. The molecule has 2 heterocycles. The number of hydrogen-bond acceptors (Lipinski definition) is 2. The average Bonchev–Trinajstić information content (AvgIpc) is 2.88. The highest BCUT2D eigenvalue weighted by molar-refractivity contribution is 5.86. The molecule has 104 valence electrons. The van der Waals surface area contributed by atoms with E-state index in [0.717, 1.165) is 18.8 Å². The minimum atomic E-state index is 0. The zero-order chi connectivity index (χ0) is 11.1. The minimum Gasteiger partial charge on any atom is -0.345 e. The van der Waals surface area contributed by atoms with Crippen LogP contribution in [0.1, 0.15) is 18.7 Å². The second-order valence-corrected chi connectivity index (χ2v) is 3.05. The Bertz CT molecular complexity index is 341. The predicted octanol–water partition coefficient (Wildman–Crippen LogP) is 3.07. The Labute approximate surface area is 126 Å². The Balaban J connectivity index is -0.000000215. The summed E-state index contributed by atoms with van der Waals surface area (Å²) in [4.78, 5) is 19.0. The summed E-state index contributed by atoms with van der Waals surface area (Å²) in [6.45, 7) is 7.87. The number of carbonyl (C=O) groups excluding carboxylic acids is 1. The number of aromatic nitrogens is 2. The van der Waals surface area contributed by atoms with Gasteiger partial charge in [0.2, 0.25) is 5.91 Å². The Kier molecular flexibility index (Phi) is 15.4. The maximum Gasteiger partial charge on any atom is 0.226 e. The lowest BCUT2D eigenvalue weighted by Gasteiger charge is -2.05. The van der Waals surface area contributed by atoms with Crippen LogP contribution < -0.4 is 0 Å². The topological polar surface area (TPSA) is 49.0 Å². The number of likely N-dealkylation sites (tertiary alicyclic amines) is 1. The number of carbonyl (C=O) groups is 1. The number of nitrogens with zero attached hydrogens (tertiary/aromatic N) is 2. The first-order chi connectivity index (χ1) is 7.27. The fraction of sp³-hybridized carbons (Fsp3) is 0.273. The van der Waals surface area contributed by atoms with Gasteiger partial charge in [0.05, 0.1) is 0 Å². The van der Waals surface area contributed by atoms with E-state index in [4.69, 9.17) is 0 Å². The molecule has 7 heteroatoms. The molecule has 0 radical (unpaired) electrons. The normalized spacial score (nSPS) is 12.0. The van der Waals surface area contributed by atoms with E-state index < -0.39 is 0 Å². The van der Waals surface area contributed by atoms with Crippen molar-refractivity contribution >= 4 is 49.2 Å². The number of halogens is 3. The first-order valence-electron chi connectivity index (χ1n) is 4.81. The monoisotopic (exact) mass is 313 g/mol. The smallest absolute Gasteiger partial charge is 0.226 e. The molecule has 2 rings (SSSR count). The standard InChI is InChI=1S/C6H9NO.C5H6N2.3ClH/c1-2-7-5-3-4-6(7)8;1-2-5-6-3-4-7-5;;;/h2H,1,3-5H2;2-4H,1H2,(H,6,7);3*1H. The highest BCUT2D eigenvalue weighted by Gasteiger charge is 2.15. The van der Waals surface area contributed by atoms with E-state index in [9.17, 15) is 4.79 Å². The number of H-pyrrole nitrogens is 1. The molecular formula is C11H18Cl3N3O. The molecule has 0 bridgehead atoms. The van der Waals surface area contributed by atoms with E-state index in [2.05, 4.69) is 23.1 Å². The van der Waals surface area contributed by atoms with Crippen LogP contribution in [-0.4, -0.2) is 27.3 Å². The van der Waals surface area contributed by atoms with Crippen LogP contribution >= 0.6 is 37.2 Å². The van der Waals surface area contributed by atoms with Crippen LogP contribution in [0.5, 0.6) is 0 Å². The van der Waals surface area contributed by atoms with Gasteiger partial charge >= 0.3 is 0 Å². The number of rotatable bonds is 2. The fourth-order valence-corrected chi connectivity index (χ4v) is 1.25. The maximum atomic E-state index is 10.7. The van der Waals surface area contributed by atoms with Gasteiger partial charge in [-0.15, -0.1) is 37.2 Å². The molecule has 0 spiro atoms. The minimum absolute atomic E-state index is 0. The van der Waals surface area contributed by atoms with Gasteiger partial charge in [-0.05, 0) is 18.7 Å². The lowest BCUT2D eigenvalue weighted by molar-refractivity contribution is -0.125. The lowest BCUT2D eigenvalue weighted by atomic mass is 10.4. The van der Waals surface area contributed by atoms with Gasteiger partial charge in [-0.2, -0.15) is 0 Å². The van der Waals surface area contributed by atoms with Gasteiger partial charge in [0, 0.05) is 25.4 Å². The van der Waals surface area contributed by atoms with Crippen molar-refractivity contribution in [2.75, 3.05) is 6.54 Å². The van der Waals surface area contributed by atoms with Gasteiger partial charge in [0.15, 0.2) is 0 Å². The summed E-state index contributed by atoms with van der Waals surface area (Å²) in [6.07, 6.45) is 8.40. The second-order valence-electron chi connectivity index (χ2n) is 3.05. The summed E-state index contributed by atoms with van der Waals surface area (Å²) in [5.74, 6) is 1.03. The van der Waals surface area contributed by atoms with Crippen molar-refractivity contribution in [3.8, 4) is 0 Å². The number of nitrogens with one attached hydrogen (secondary N) is 1. The molecule has 0 aliphatic carbocycles. The van der Waals surface area contributed by atoms with E-state index in [0.29, 0.717) is 6.42 Å². The third-order valence-electron chi connectivity index (χ3n) is 2.04. The van der Waals surface area contributed by atoms with Gasteiger partial charge in [-0.3, -0.25) is 4.79 Å². The quantitative estimate of drug-likeness (QED) is 0.912. The maximum absolute atomic E-state index is 10.7. The van der Waals surface area contributed by atoms with Crippen LogP contribution in [0, 0.1) is 0 Å². The SMILES string of the molecule is C=CN1CCCC1=O.C=Cc1ncc[nH]1.Cl.Cl.Cl. The van der Waals surface area contributed by atoms with Crippen molar-refractivity contribution in [1.29, 1.82) is 0 Å². The fourth-order valence-electron chi connectivity index (χ4n) is 1.25. The number of aromatic amines is 1. The molecule has 4 nitrogen and oxygen atoms in total. The molecule has 0 aromatic carbocycles. The summed E-state index contributed by atoms with van der Waals surface area (Å²) in [6, 6.07) is 0. The first-order valence-corrected chi connectivity index (χ1v) is 4.81. The molecule has 0 saturated carbocycles. The van der Waals surface area contributed by atoms with Crippen LogP contribution in [0.25, 0.3) is 6.08 Å². The third-order valence-corrected chi connectivity index (χ3v) is 2.04. The summed E-state index contributed by atoms with van der Waals surface area (Å²) < 4.78 is 0. The molecule has 1 N–H and O–H groups in total. The number of amides is 1. The highest BCUT2D eigenvalue weighted by Crippen LogP contribution is 2.08. The van der Waals surface area contributed by atoms with Crippen molar-refractivity contribution < 1.29 is 4.79 Å². The molecule has 1 saturated heterocycles. The highest BCUT2D eigenvalue weighted by atomic mass is 35.5. The van der Waals surface area contributed by atoms with Crippen LogP contribution in [0.3, 0.4) is 0 Å². The molecule has 1 aliphatic heterocycles. The summed E-state index contributed by atoms with van der Waals surface area (Å²) in [5, 5.41) is 0. The van der Waals surface area contributed by atoms with Crippen LogP contribution in [-0.2, 0) is 4.79 Å². The Morgan fingerprint density at radius 2 is 2.00 bits per heavy atom.